The molecular formula is C16H23Cl2FN2O2. The van der Waals surface area contributed by atoms with Gasteiger partial charge in [0.2, 0.25) is 5.91 Å². The highest BCUT2D eigenvalue weighted by Gasteiger charge is 2.31. The van der Waals surface area contributed by atoms with E-state index in [0.717, 1.165) is 18.7 Å². The van der Waals surface area contributed by atoms with E-state index in [1.807, 2.05) is 6.92 Å². The lowest BCUT2D eigenvalue weighted by atomic mass is 9.88. The van der Waals surface area contributed by atoms with Gasteiger partial charge in [0.05, 0.1) is 6.61 Å². The first-order valence-corrected chi connectivity index (χ1v) is 7.83. The van der Waals surface area contributed by atoms with Gasteiger partial charge in [-0.2, -0.15) is 0 Å². The highest BCUT2D eigenvalue weighted by Crippen LogP contribution is 2.23. The second-order valence-corrected chi connectivity index (χ2v) is 6.10. The third-order valence-corrected chi connectivity index (χ3v) is 4.51. The molecule has 1 aliphatic rings. The van der Waals surface area contributed by atoms with E-state index in [1.54, 1.807) is 18.1 Å². The summed E-state index contributed by atoms with van der Waals surface area (Å²) in [6.07, 6.45) is 0. The quantitative estimate of drug-likeness (QED) is 0.808. The molecule has 23 heavy (non-hydrogen) atoms. The van der Waals surface area contributed by atoms with Gasteiger partial charge in [0.25, 0.3) is 0 Å². The molecule has 1 aromatic carbocycles. The third-order valence-electron chi connectivity index (χ3n) is 4.16. The summed E-state index contributed by atoms with van der Waals surface area (Å²) >= 11 is 6.07. The Hall–Kier alpha value is -0.880. The van der Waals surface area contributed by atoms with Gasteiger partial charge in [-0.25, -0.2) is 4.39 Å². The van der Waals surface area contributed by atoms with Gasteiger partial charge in [-0.05, 0) is 36.7 Å². The summed E-state index contributed by atoms with van der Waals surface area (Å²) in [5, 5.41) is 3.53. The highest BCUT2D eigenvalue weighted by molar-refractivity contribution is 6.31. The third kappa shape index (κ3) is 5.31. The molecule has 0 aromatic heterocycles. The largest absolute Gasteiger partial charge is 0.383 e. The van der Waals surface area contributed by atoms with Crippen molar-refractivity contribution in [3.05, 3.63) is 34.6 Å². The molecule has 1 aliphatic heterocycles. The van der Waals surface area contributed by atoms with E-state index in [0.29, 0.717) is 30.6 Å². The molecule has 0 radical (unpaired) electrons. The van der Waals surface area contributed by atoms with E-state index >= 15 is 0 Å². The van der Waals surface area contributed by atoms with Crippen molar-refractivity contribution in [2.75, 3.05) is 33.4 Å². The Labute approximate surface area is 147 Å². The monoisotopic (exact) mass is 364 g/mol. The minimum absolute atomic E-state index is 0. The molecule has 1 unspecified atom stereocenters. The van der Waals surface area contributed by atoms with Gasteiger partial charge in [0.15, 0.2) is 0 Å². The van der Waals surface area contributed by atoms with E-state index < -0.39 is 0 Å². The summed E-state index contributed by atoms with van der Waals surface area (Å²) in [5.41, 5.74) is 0.742. The molecule has 1 amide bonds. The van der Waals surface area contributed by atoms with Gasteiger partial charge >= 0.3 is 0 Å². The lowest BCUT2D eigenvalue weighted by molar-refractivity contribution is -0.138. The van der Waals surface area contributed by atoms with Gasteiger partial charge in [0, 0.05) is 31.1 Å². The van der Waals surface area contributed by atoms with E-state index in [4.69, 9.17) is 16.3 Å². The van der Waals surface area contributed by atoms with E-state index in [2.05, 4.69) is 5.32 Å². The molecule has 0 aliphatic carbocycles. The number of benzene rings is 1. The van der Waals surface area contributed by atoms with Crippen LogP contribution in [0.3, 0.4) is 0 Å². The van der Waals surface area contributed by atoms with Crippen molar-refractivity contribution in [3.8, 4) is 0 Å². The van der Waals surface area contributed by atoms with Crippen LogP contribution in [-0.2, 0) is 16.1 Å². The van der Waals surface area contributed by atoms with Crippen LogP contribution in [0.5, 0.6) is 0 Å². The average molecular weight is 365 g/mol. The Balaban J connectivity index is 0.00000264. The van der Waals surface area contributed by atoms with Crippen molar-refractivity contribution in [3.63, 3.8) is 0 Å². The number of methoxy groups -OCH3 is 1. The number of rotatable bonds is 7. The maximum Gasteiger partial charge on any atom is 0.226 e. The molecule has 0 bridgehead atoms. The number of nitrogens with zero attached hydrogens (tertiary/aromatic N) is 1. The number of hydrogen-bond acceptors (Lipinski definition) is 3. The van der Waals surface area contributed by atoms with Gasteiger partial charge in [-0.1, -0.05) is 24.6 Å². The molecule has 1 heterocycles. The van der Waals surface area contributed by atoms with Crippen LogP contribution in [0.1, 0.15) is 12.5 Å². The molecule has 130 valence electrons. The molecule has 2 rings (SSSR count). The van der Waals surface area contributed by atoms with E-state index in [9.17, 15) is 9.18 Å². The zero-order chi connectivity index (χ0) is 16.1. The molecule has 1 fully saturated rings. The van der Waals surface area contributed by atoms with Crippen molar-refractivity contribution >= 4 is 29.9 Å². The molecule has 1 atom stereocenters. The summed E-state index contributed by atoms with van der Waals surface area (Å²) in [7, 11) is 1.60. The number of nitrogens with one attached hydrogen (secondary N) is 1. The zero-order valence-electron chi connectivity index (χ0n) is 13.4. The summed E-state index contributed by atoms with van der Waals surface area (Å²) < 4.78 is 18.2. The summed E-state index contributed by atoms with van der Waals surface area (Å²) in [6.45, 7) is 5.03. The van der Waals surface area contributed by atoms with Crippen LogP contribution in [0.15, 0.2) is 18.2 Å². The van der Waals surface area contributed by atoms with Crippen LogP contribution in [0, 0.1) is 17.7 Å². The first-order chi connectivity index (χ1) is 10.5. The fourth-order valence-corrected chi connectivity index (χ4v) is 2.71. The lowest BCUT2D eigenvalue weighted by Gasteiger charge is -2.35. The van der Waals surface area contributed by atoms with Gasteiger partial charge < -0.3 is 15.0 Å². The van der Waals surface area contributed by atoms with Crippen molar-refractivity contribution in [2.45, 2.75) is 13.5 Å². The van der Waals surface area contributed by atoms with Crippen LogP contribution in [0.4, 0.5) is 4.39 Å². The molecule has 4 nitrogen and oxygen atoms in total. The van der Waals surface area contributed by atoms with Crippen molar-refractivity contribution in [2.24, 2.45) is 11.8 Å². The number of carbonyl (C=O) groups is 1. The van der Waals surface area contributed by atoms with Crippen LogP contribution in [0.2, 0.25) is 5.02 Å². The van der Waals surface area contributed by atoms with Gasteiger partial charge in [-0.3, -0.25) is 4.79 Å². The van der Waals surface area contributed by atoms with Crippen LogP contribution >= 0.6 is 24.0 Å². The first kappa shape index (κ1) is 20.2. The van der Waals surface area contributed by atoms with Crippen LogP contribution in [0.25, 0.3) is 0 Å². The molecule has 7 heteroatoms. The Morgan fingerprint density at radius 1 is 1.52 bits per heavy atom. The fourth-order valence-electron chi connectivity index (χ4n) is 2.48. The lowest BCUT2D eigenvalue weighted by Crippen LogP contribution is -2.50. The fraction of sp³-hybridized carbons (Fsp3) is 0.562. The second-order valence-electron chi connectivity index (χ2n) is 5.70. The van der Waals surface area contributed by atoms with Crippen LogP contribution < -0.4 is 5.32 Å². The normalized spacial score (nSPS) is 15.5. The molecule has 1 saturated heterocycles. The zero-order valence-corrected chi connectivity index (χ0v) is 14.9. The standard InChI is InChI=1S/C16H22ClFN2O2.ClH/c1-11(13-8-19-9-13)16(21)20(5-6-22-2)10-12-3-4-14(18)7-15(12)17;/h3-4,7,11,13,19H,5-6,8-10H2,1-2H3;1H. The van der Waals surface area contributed by atoms with E-state index in [1.165, 1.54) is 12.1 Å². The first-order valence-electron chi connectivity index (χ1n) is 7.45. The maximum atomic E-state index is 13.1. The average Bonchev–Trinajstić information content (AvgIpc) is 2.43. The molecule has 1 N–H and O–H groups in total. The number of amides is 1. The second kappa shape index (κ2) is 9.42. The minimum atomic E-state index is -0.377. The molecule has 0 saturated carbocycles. The predicted octanol–water partition coefficient (Wildman–Crippen LogP) is 2.73. The smallest absolute Gasteiger partial charge is 0.226 e. The summed E-state index contributed by atoms with van der Waals surface area (Å²) in [6, 6.07) is 4.26. The number of halogens is 3. The van der Waals surface area contributed by atoms with Gasteiger partial charge in [-0.15, -0.1) is 12.4 Å². The Morgan fingerprint density at radius 3 is 2.74 bits per heavy atom. The van der Waals surface area contributed by atoms with Crippen LogP contribution in [-0.4, -0.2) is 44.2 Å². The maximum absolute atomic E-state index is 13.1. The van der Waals surface area contributed by atoms with Gasteiger partial charge in [0.1, 0.15) is 5.82 Å². The minimum Gasteiger partial charge on any atom is -0.383 e. The number of hydrogen-bond donors (Lipinski definition) is 1. The topological polar surface area (TPSA) is 41.6 Å². The highest BCUT2D eigenvalue weighted by atomic mass is 35.5. The Kier molecular flexibility index (Phi) is 8.26. The predicted molar refractivity (Wildman–Crippen MR) is 91.5 cm³/mol. The SMILES string of the molecule is COCCN(Cc1ccc(F)cc1Cl)C(=O)C(C)C1CNC1.Cl. The van der Waals surface area contributed by atoms with Crippen molar-refractivity contribution < 1.29 is 13.9 Å². The Bertz CT molecular complexity index is 527. The summed E-state index contributed by atoms with van der Waals surface area (Å²) in [5.74, 6) is 0.0416. The molecular weight excluding hydrogens is 342 g/mol. The molecule has 0 spiro atoms. The summed E-state index contributed by atoms with van der Waals surface area (Å²) in [4.78, 5) is 14.4. The number of carbonyl (C=O) groups excluding carboxylic acids is 1. The van der Waals surface area contributed by atoms with E-state index in [-0.39, 0.29) is 30.0 Å². The number of ether oxygens (including phenoxy) is 1. The Morgan fingerprint density at radius 2 is 2.22 bits per heavy atom. The molecule has 1 aromatic rings. The van der Waals surface area contributed by atoms with Crippen molar-refractivity contribution in [1.82, 2.24) is 10.2 Å². The van der Waals surface area contributed by atoms with Crippen molar-refractivity contribution in [1.29, 1.82) is 0 Å².